The van der Waals surface area contributed by atoms with Crippen LogP contribution in [-0.4, -0.2) is 29.8 Å². The Bertz CT molecular complexity index is 1080. The first-order valence-electron chi connectivity index (χ1n) is 8.78. The van der Waals surface area contributed by atoms with E-state index in [1.54, 1.807) is 13.0 Å². The van der Waals surface area contributed by atoms with Crippen LogP contribution >= 0.6 is 22.9 Å². The fraction of sp³-hybridized carbons (Fsp3) is 0.143. The van der Waals surface area contributed by atoms with E-state index in [-0.39, 0.29) is 13.1 Å². The molecule has 0 spiro atoms. The SMILES string of the molecule is CCN(CC(=O)Nc1c(F)cccc1F)C(=O)/C=C\c1sc2ccccc2c1Cl. The topological polar surface area (TPSA) is 49.4 Å². The van der Waals surface area contributed by atoms with Gasteiger partial charge >= 0.3 is 0 Å². The molecule has 2 amide bonds. The molecule has 150 valence electrons. The molecule has 0 saturated heterocycles. The van der Waals surface area contributed by atoms with Crippen LogP contribution in [0.4, 0.5) is 14.5 Å². The molecule has 3 aromatic rings. The van der Waals surface area contributed by atoms with Gasteiger partial charge in [-0.3, -0.25) is 9.59 Å². The van der Waals surface area contributed by atoms with Crippen molar-refractivity contribution < 1.29 is 18.4 Å². The summed E-state index contributed by atoms with van der Waals surface area (Å²) in [5, 5.41) is 3.64. The average molecular weight is 435 g/mol. The van der Waals surface area contributed by atoms with E-state index in [4.69, 9.17) is 11.6 Å². The minimum atomic E-state index is -0.882. The highest BCUT2D eigenvalue weighted by Crippen LogP contribution is 2.35. The number of carbonyl (C=O) groups is 2. The average Bonchev–Trinajstić information content (AvgIpc) is 3.03. The quantitative estimate of drug-likeness (QED) is 0.533. The van der Waals surface area contributed by atoms with Gasteiger partial charge < -0.3 is 10.2 Å². The van der Waals surface area contributed by atoms with E-state index in [1.807, 2.05) is 24.3 Å². The number of likely N-dealkylation sites (N-methyl/N-ethyl adjacent to an activating group) is 1. The number of hydrogen-bond donors (Lipinski definition) is 1. The van der Waals surface area contributed by atoms with Gasteiger partial charge in [0.15, 0.2) is 0 Å². The van der Waals surface area contributed by atoms with Crippen LogP contribution in [0.3, 0.4) is 0 Å². The first kappa shape index (κ1) is 21.0. The number of hydrogen-bond acceptors (Lipinski definition) is 3. The van der Waals surface area contributed by atoms with E-state index < -0.39 is 29.1 Å². The number of anilines is 1. The van der Waals surface area contributed by atoms with Crippen LogP contribution in [0, 0.1) is 11.6 Å². The number of nitrogens with one attached hydrogen (secondary N) is 1. The third-order valence-corrected chi connectivity index (χ3v) is 5.85. The van der Waals surface area contributed by atoms with E-state index in [0.29, 0.717) is 5.02 Å². The molecule has 3 rings (SSSR count). The van der Waals surface area contributed by atoms with Crippen molar-refractivity contribution in [1.29, 1.82) is 0 Å². The second kappa shape index (κ2) is 9.15. The molecule has 0 atom stereocenters. The Kier molecular flexibility index (Phi) is 6.61. The van der Waals surface area contributed by atoms with Crippen LogP contribution in [0.25, 0.3) is 16.2 Å². The summed E-state index contributed by atoms with van der Waals surface area (Å²) in [4.78, 5) is 26.6. The third-order valence-electron chi connectivity index (χ3n) is 4.19. The maximum Gasteiger partial charge on any atom is 0.247 e. The molecule has 0 bridgehead atoms. The number of amides is 2. The number of halogens is 3. The maximum atomic E-state index is 13.7. The summed E-state index contributed by atoms with van der Waals surface area (Å²) in [6.07, 6.45) is 2.93. The molecule has 4 nitrogen and oxygen atoms in total. The lowest BCUT2D eigenvalue weighted by Gasteiger charge is -2.18. The van der Waals surface area contributed by atoms with Crippen LogP contribution < -0.4 is 5.32 Å². The lowest BCUT2D eigenvalue weighted by molar-refractivity contribution is -0.130. The Balaban J connectivity index is 1.69. The Morgan fingerprint density at radius 1 is 1.14 bits per heavy atom. The van der Waals surface area contributed by atoms with Crippen LogP contribution in [0.15, 0.2) is 48.5 Å². The van der Waals surface area contributed by atoms with Crippen molar-refractivity contribution in [1.82, 2.24) is 4.90 Å². The minimum absolute atomic E-state index is 0.247. The van der Waals surface area contributed by atoms with E-state index >= 15 is 0 Å². The smallest absolute Gasteiger partial charge is 0.247 e. The predicted molar refractivity (Wildman–Crippen MR) is 113 cm³/mol. The van der Waals surface area contributed by atoms with Crippen molar-refractivity contribution in [2.24, 2.45) is 0 Å². The maximum absolute atomic E-state index is 13.7. The predicted octanol–water partition coefficient (Wildman–Crippen LogP) is 5.33. The highest BCUT2D eigenvalue weighted by Gasteiger charge is 2.17. The zero-order valence-corrected chi connectivity index (χ0v) is 17.0. The van der Waals surface area contributed by atoms with Gasteiger partial charge in [-0.1, -0.05) is 35.9 Å². The van der Waals surface area contributed by atoms with Gasteiger partial charge in [0.25, 0.3) is 0 Å². The fourth-order valence-electron chi connectivity index (χ4n) is 2.71. The van der Waals surface area contributed by atoms with E-state index in [9.17, 15) is 18.4 Å². The molecular weight excluding hydrogens is 418 g/mol. The van der Waals surface area contributed by atoms with E-state index in [1.165, 1.54) is 28.4 Å². The molecule has 2 aromatic carbocycles. The molecule has 1 heterocycles. The normalized spacial score (nSPS) is 11.2. The monoisotopic (exact) mass is 434 g/mol. The van der Waals surface area contributed by atoms with Gasteiger partial charge in [0.1, 0.15) is 23.9 Å². The van der Waals surface area contributed by atoms with Crippen molar-refractivity contribution in [3.8, 4) is 0 Å². The van der Waals surface area contributed by atoms with Crippen LogP contribution in [0.5, 0.6) is 0 Å². The zero-order valence-electron chi connectivity index (χ0n) is 15.4. The molecule has 0 aliphatic carbocycles. The minimum Gasteiger partial charge on any atom is -0.330 e. The van der Waals surface area contributed by atoms with Crippen molar-refractivity contribution in [2.45, 2.75) is 6.92 Å². The van der Waals surface area contributed by atoms with E-state index in [2.05, 4.69) is 5.32 Å². The molecule has 0 radical (unpaired) electrons. The second-order valence-electron chi connectivity index (χ2n) is 6.11. The van der Waals surface area contributed by atoms with Gasteiger partial charge in [-0.25, -0.2) is 8.78 Å². The van der Waals surface area contributed by atoms with Gasteiger partial charge in [0.05, 0.1) is 5.02 Å². The van der Waals surface area contributed by atoms with Gasteiger partial charge in [-0.05, 0) is 31.2 Å². The first-order chi connectivity index (χ1) is 13.9. The number of benzene rings is 2. The summed E-state index contributed by atoms with van der Waals surface area (Å²) in [6.45, 7) is 1.61. The Morgan fingerprint density at radius 3 is 2.48 bits per heavy atom. The summed E-state index contributed by atoms with van der Waals surface area (Å²) in [5.74, 6) is -2.87. The van der Waals surface area contributed by atoms with Gasteiger partial charge in [-0.15, -0.1) is 11.3 Å². The van der Waals surface area contributed by atoms with Crippen molar-refractivity contribution in [3.05, 3.63) is 70.1 Å². The number of fused-ring (bicyclic) bond motifs is 1. The molecule has 0 unspecified atom stereocenters. The first-order valence-corrected chi connectivity index (χ1v) is 9.98. The van der Waals surface area contributed by atoms with Gasteiger partial charge in [0.2, 0.25) is 11.8 Å². The number of carbonyl (C=O) groups excluding carboxylic acids is 2. The third kappa shape index (κ3) is 4.81. The van der Waals surface area contributed by atoms with E-state index in [0.717, 1.165) is 27.1 Å². The summed E-state index contributed by atoms with van der Waals surface area (Å²) >= 11 is 7.81. The molecule has 29 heavy (non-hydrogen) atoms. The second-order valence-corrected chi connectivity index (χ2v) is 7.57. The number of rotatable bonds is 6. The number of para-hydroxylation sites is 1. The van der Waals surface area contributed by atoms with Crippen LogP contribution in [0.2, 0.25) is 5.02 Å². The molecule has 8 heteroatoms. The van der Waals surface area contributed by atoms with Gasteiger partial charge in [0, 0.05) is 27.6 Å². The molecule has 0 aliphatic heterocycles. The number of thiophene rings is 1. The van der Waals surface area contributed by atoms with Crippen LogP contribution in [0.1, 0.15) is 11.8 Å². The highest BCUT2D eigenvalue weighted by atomic mass is 35.5. The lowest BCUT2D eigenvalue weighted by atomic mass is 10.2. The molecule has 1 N–H and O–H groups in total. The summed E-state index contributed by atoms with van der Waals surface area (Å²) < 4.78 is 28.3. The summed E-state index contributed by atoms with van der Waals surface area (Å²) in [5.41, 5.74) is -0.534. The Morgan fingerprint density at radius 2 is 1.83 bits per heavy atom. The molecule has 0 saturated carbocycles. The van der Waals surface area contributed by atoms with Crippen LogP contribution in [-0.2, 0) is 9.59 Å². The van der Waals surface area contributed by atoms with Crippen molar-refractivity contribution in [3.63, 3.8) is 0 Å². The van der Waals surface area contributed by atoms with Crippen molar-refractivity contribution >= 4 is 56.6 Å². The standard InChI is InChI=1S/C21H17ClF2N2O2S/c1-2-26(12-18(27)25-21-14(23)7-5-8-15(21)24)19(28)11-10-17-20(22)13-6-3-4-9-16(13)29-17/h3-11H,2,12H2,1H3,(H,25,27)/b11-10-. The Hall–Kier alpha value is -2.77. The molecule has 0 aliphatic rings. The highest BCUT2D eigenvalue weighted by molar-refractivity contribution is 7.20. The summed E-state index contributed by atoms with van der Waals surface area (Å²) in [7, 11) is 0. The largest absolute Gasteiger partial charge is 0.330 e. The molecule has 0 fully saturated rings. The molecule has 1 aromatic heterocycles. The lowest BCUT2D eigenvalue weighted by Crippen LogP contribution is -2.37. The molecular formula is C21H17ClF2N2O2S. The Labute approximate surface area is 175 Å². The van der Waals surface area contributed by atoms with Crippen molar-refractivity contribution in [2.75, 3.05) is 18.4 Å². The van der Waals surface area contributed by atoms with Gasteiger partial charge in [-0.2, -0.15) is 0 Å². The fourth-order valence-corrected chi connectivity index (χ4v) is 4.11. The zero-order chi connectivity index (χ0) is 21.0. The summed E-state index contributed by atoms with van der Waals surface area (Å²) in [6, 6.07) is 10.9. The number of nitrogens with zero attached hydrogens (tertiary/aromatic N) is 1.